The van der Waals surface area contributed by atoms with Crippen LogP contribution in [-0.4, -0.2) is 24.0 Å². The van der Waals surface area contributed by atoms with Crippen LogP contribution in [0.15, 0.2) is 48.5 Å². The van der Waals surface area contributed by atoms with Gasteiger partial charge in [-0.15, -0.1) is 0 Å². The van der Waals surface area contributed by atoms with E-state index in [2.05, 4.69) is 10.6 Å². The zero-order valence-corrected chi connectivity index (χ0v) is 16.0. The second-order valence-corrected chi connectivity index (χ2v) is 7.17. The number of halogens is 1. The molecule has 0 heterocycles. The highest BCUT2D eigenvalue weighted by atomic mass is 19.1. The minimum absolute atomic E-state index is 0.253. The molecule has 2 rings (SSSR count). The Kier molecular flexibility index (Phi) is 6.55. The number of ether oxygens (including phenoxy) is 1. The van der Waals surface area contributed by atoms with Gasteiger partial charge in [0.15, 0.2) is 5.60 Å². The van der Waals surface area contributed by atoms with E-state index in [-0.39, 0.29) is 11.7 Å². The molecule has 0 spiro atoms. The van der Waals surface area contributed by atoms with E-state index in [4.69, 9.17) is 4.74 Å². The lowest BCUT2D eigenvalue weighted by Gasteiger charge is -2.26. The molecule has 0 radical (unpaired) electrons. The maximum atomic E-state index is 13.0. The van der Waals surface area contributed by atoms with Crippen molar-refractivity contribution in [3.8, 4) is 5.75 Å². The van der Waals surface area contributed by atoms with Gasteiger partial charge in [-0.1, -0.05) is 26.0 Å². The van der Waals surface area contributed by atoms with Crippen LogP contribution in [0.2, 0.25) is 0 Å². The first-order chi connectivity index (χ1) is 12.7. The first kappa shape index (κ1) is 20.4. The minimum Gasteiger partial charge on any atom is -0.478 e. The van der Waals surface area contributed by atoms with Gasteiger partial charge in [-0.3, -0.25) is 9.59 Å². The van der Waals surface area contributed by atoms with Crippen molar-refractivity contribution in [3.05, 3.63) is 59.9 Å². The molecule has 6 heteroatoms. The Morgan fingerprint density at radius 2 is 1.70 bits per heavy atom. The van der Waals surface area contributed by atoms with Gasteiger partial charge >= 0.3 is 0 Å². The second-order valence-electron chi connectivity index (χ2n) is 7.17. The molecule has 0 aromatic heterocycles. The van der Waals surface area contributed by atoms with Crippen molar-refractivity contribution >= 4 is 17.5 Å². The molecular formula is C21H25FN2O3. The molecule has 2 aromatic carbocycles. The van der Waals surface area contributed by atoms with Crippen molar-refractivity contribution in [2.24, 2.45) is 5.92 Å². The van der Waals surface area contributed by atoms with E-state index >= 15 is 0 Å². The Labute approximate surface area is 158 Å². The summed E-state index contributed by atoms with van der Waals surface area (Å²) in [5, 5.41) is 5.59. The first-order valence-electron chi connectivity index (χ1n) is 8.82. The van der Waals surface area contributed by atoms with Crippen molar-refractivity contribution < 1.29 is 18.7 Å². The summed E-state index contributed by atoms with van der Waals surface area (Å²) in [5.74, 6) is -0.364. The lowest BCUT2D eigenvalue weighted by atomic mass is 10.1. The smallest absolute Gasteiger partial charge is 0.267 e. The SMILES string of the molecule is CC(C)CNC(=O)c1ccccc1NC(=O)C(C)(C)Oc1ccc(F)cc1. The van der Waals surface area contributed by atoms with Crippen LogP contribution in [0.1, 0.15) is 38.1 Å². The van der Waals surface area contributed by atoms with Crippen LogP contribution in [0.4, 0.5) is 10.1 Å². The molecule has 27 heavy (non-hydrogen) atoms. The number of hydrogen-bond acceptors (Lipinski definition) is 3. The van der Waals surface area contributed by atoms with Crippen molar-refractivity contribution in [1.82, 2.24) is 5.32 Å². The summed E-state index contributed by atoms with van der Waals surface area (Å²) in [6.07, 6.45) is 0. The maximum absolute atomic E-state index is 13.0. The molecule has 2 amide bonds. The summed E-state index contributed by atoms with van der Waals surface area (Å²) in [5.41, 5.74) is -0.442. The van der Waals surface area contributed by atoms with E-state index in [0.29, 0.717) is 29.5 Å². The van der Waals surface area contributed by atoms with E-state index in [1.54, 1.807) is 38.1 Å². The van der Waals surface area contributed by atoms with E-state index < -0.39 is 11.5 Å². The van der Waals surface area contributed by atoms with Gasteiger partial charge < -0.3 is 15.4 Å². The average Bonchev–Trinajstić information content (AvgIpc) is 2.62. The van der Waals surface area contributed by atoms with Crippen molar-refractivity contribution in [3.63, 3.8) is 0 Å². The van der Waals surface area contributed by atoms with Gasteiger partial charge in [-0.2, -0.15) is 0 Å². The lowest BCUT2D eigenvalue weighted by Crippen LogP contribution is -2.43. The molecule has 5 nitrogen and oxygen atoms in total. The van der Waals surface area contributed by atoms with E-state index in [1.807, 2.05) is 13.8 Å². The molecule has 0 saturated carbocycles. The van der Waals surface area contributed by atoms with Gasteiger partial charge in [-0.25, -0.2) is 4.39 Å². The fourth-order valence-corrected chi connectivity index (χ4v) is 2.30. The Morgan fingerprint density at radius 1 is 1.07 bits per heavy atom. The van der Waals surface area contributed by atoms with Crippen LogP contribution in [0.3, 0.4) is 0 Å². The molecule has 0 aliphatic rings. The predicted octanol–water partition coefficient (Wildman–Crippen LogP) is 4.01. The average molecular weight is 372 g/mol. The number of rotatable bonds is 7. The normalized spacial score (nSPS) is 11.2. The largest absolute Gasteiger partial charge is 0.478 e. The molecule has 144 valence electrons. The van der Waals surface area contributed by atoms with Crippen molar-refractivity contribution in [2.45, 2.75) is 33.3 Å². The summed E-state index contributed by atoms with van der Waals surface area (Å²) < 4.78 is 18.7. The number of nitrogens with one attached hydrogen (secondary N) is 2. The maximum Gasteiger partial charge on any atom is 0.267 e. The van der Waals surface area contributed by atoms with Crippen LogP contribution in [0.5, 0.6) is 5.75 Å². The minimum atomic E-state index is -1.22. The summed E-state index contributed by atoms with van der Waals surface area (Å²) in [6.45, 7) is 7.76. The van der Waals surface area contributed by atoms with Gasteiger partial charge in [-0.05, 0) is 56.2 Å². The van der Waals surface area contributed by atoms with Gasteiger partial charge in [0.1, 0.15) is 11.6 Å². The molecule has 0 atom stereocenters. The molecule has 0 aliphatic heterocycles. The topological polar surface area (TPSA) is 67.4 Å². The van der Waals surface area contributed by atoms with E-state index in [0.717, 1.165) is 0 Å². The number of amides is 2. The summed E-state index contributed by atoms with van der Waals surface area (Å²) in [7, 11) is 0. The molecular weight excluding hydrogens is 347 g/mol. The number of carbonyl (C=O) groups excluding carboxylic acids is 2. The summed E-state index contributed by atoms with van der Waals surface area (Å²) >= 11 is 0. The molecule has 0 fully saturated rings. The summed E-state index contributed by atoms with van der Waals surface area (Å²) in [6, 6.07) is 12.2. The Bertz CT molecular complexity index is 801. The first-order valence-corrected chi connectivity index (χ1v) is 8.82. The van der Waals surface area contributed by atoms with Crippen LogP contribution in [0.25, 0.3) is 0 Å². The standard InChI is InChI=1S/C21H25FN2O3/c1-14(2)13-23-19(25)17-7-5-6-8-18(17)24-20(26)21(3,4)27-16-11-9-15(22)10-12-16/h5-12,14H,13H2,1-4H3,(H,23,25)(H,24,26). The number of carbonyl (C=O) groups is 2. The lowest BCUT2D eigenvalue weighted by molar-refractivity contribution is -0.128. The van der Waals surface area contributed by atoms with Crippen LogP contribution >= 0.6 is 0 Å². The molecule has 0 bridgehead atoms. The number of anilines is 1. The summed E-state index contributed by atoms with van der Waals surface area (Å²) in [4.78, 5) is 25.1. The van der Waals surface area contributed by atoms with E-state index in [9.17, 15) is 14.0 Å². The Hall–Kier alpha value is -2.89. The van der Waals surface area contributed by atoms with Crippen molar-refractivity contribution in [1.29, 1.82) is 0 Å². The monoisotopic (exact) mass is 372 g/mol. The van der Waals surface area contributed by atoms with Crippen LogP contribution in [0, 0.1) is 11.7 Å². The third-order valence-electron chi connectivity index (χ3n) is 3.82. The zero-order chi connectivity index (χ0) is 20.0. The highest BCUT2D eigenvalue weighted by Crippen LogP contribution is 2.22. The van der Waals surface area contributed by atoms with Crippen molar-refractivity contribution in [2.75, 3.05) is 11.9 Å². The number of hydrogen-bond donors (Lipinski definition) is 2. The zero-order valence-electron chi connectivity index (χ0n) is 16.0. The quantitative estimate of drug-likeness (QED) is 0.772. The predicted molar refractivity (Wildman–Crippen MR) is 103 cm³/mol. The number of para-hydroxylation sites is 1. The van der Waals surface area contributed by atoms with Gasteiger partial charge in [0.05, 0.1) is 11.3 Å². The second kappa shape index (κ2) is 8.66. The van der Waals surface area contributed by atoms with E-state index in [1.165, 1.54) is 24.3 Å². The fraction of sp³-hybridized carbons (Fsp3) is 0.333. The third-order valence-corrected chi connectivity index (χ3v) is 3.82. The van der Waals surface area contributed by atoms with Gasteiger partial charge in [0, 0.05) is 6.54 Å². The van der Waals surface area contributed by atoms with Gasteiger partial charge in [0.25, 0.3) is 11.8 Å². The molecule has 2 aromatic rings. The Morgan fingerprint density at radius 3 is 2.33 bits per heavy atom. The highest BCUT2D eigenvalue weighted by molar-refractivity contribution is 6.05. The third kappa shape index (κ3) is 5.81. The molecule has 0 saturated heterocycles. The molecule has 0 aliphatic carbocycles. The molecule has 2 N–H and O–H groups in total. The van der Waals surface area contributed by atoms with Gasteiger partial charge in [0.2, 0.25) is 0 Å². The van der Waals surface area contributed by atoms with Crippen LogP contribution in [-0.2, 0) is 4.79 Å². The Balaban J connectivity index is 2.12. The van der Waals surface area contributed by atoms with Crippen LogP contribution < -0.4 is 15.4 Å². The number of benzene rings is 2. The highest BCUT2D eigenvalue weighted by Gasteiger charge is 2.31. The molecule has 0 unspecified atom stereocenters. The fourth-order valence-electron chi connectivity index (χ4n) is 2.30.